The summed E-state index contributed by atoms with van der Waals surface area (Å²) in [6.45, 7) is 5.71. The maximum atomic E-state index is 5.47. The highest BCUT2D eigenvalue weighted by molar-refractivity contribution is 7.99. The third-order valence-electron chi connectivity index (χ3n) is 2.44. The zero-order valence-corrected chi connectivity index (χ0v) is 10.2. The fraction of sp³-hybridized carbons (Fsp3) is 0.889. The molecule has 1 aromatic rings. The first-order valence-corrected chi connectivity index (χ1v) is 6.39. The van der Waals surface area contributed by atoms with Crippen LogP contribution in [0.5, 0.6) is 0 Å². The lowest BCUT2D eigenvalue weighted by atomic mass is 10.1. The van der Waals surface area contributed by atoms with Gasteiger partial charge in [0.15, 0.2) is 0 Å². The molecule has 0 saturated carbocycles. The van der Waals surface area contributed by atoms with Gasteiger partial charge >= 0.3 is 0 Å². The summed E-state index contributed by atoms with van der Waals surface area (Å²) in [5.74, 6) is 1.83. The van der Waals surface area contributed by atoms with Gasteiger partial charge < -0.3 is 5.73 Å². The van der Waals surface area contributed by atoms with Gasteiger partial charge in [-0.05, 0) is 16.3 Å². The van der Waals surface area contributed by atoms with Gasteiger partial charge in [0, 0.05) is 12.3 Å². The lowest BCUT2D eigenvalue weighted by Crippen LogP contribution is -2.12. The van der Waals surface area contributed by atoms with Crippen molar-refractivity contribution in [2.45, 2.75) is 38.4 Å². The molecule has 0 aliphatic rings. The highest BCUT2D eigenvalue weighted by Gasteiger charge is 2.09. The van der Waals surface area contributed by atoms with Crippen molar-refractivity contribution in [3.05, 3.63) is 0 Å². The van der Waals surface area contributed by atoms with E-state index in [1.54, 1.807) is 16.4 Å². The van der Waals surface area contributed by atoms with Crippen molar-refractivity contribution in [3.8, 4) is 0 Å². The molecule has 0 aliphatic carbocycles. The Labute approximate surface area is 94.8 Å². The molecule has 0 saturated heterocycles. The molecule has 1 heterocycles. The van der Waals surface area contributed by atoms with Gasteiger partial charge in [0.2, 0.25) is 5.16 Å². The molecule has 0 radical (unpaired) electrons. The molecule has 0 unspecified atom stereocenters. The molecule has 0 fully saturated rings. The maximum absolute atomic E-state index is 5.47. The van der Waals surface area contributed by atoms with Crippen LogP contribution in [0.25, 0.3) is 0 Å². The van der Waals surface area contributed by atoms with Gasteiger partial charge in [-0.3, -0.25) is 0 Å². The first-order chi connectivity index (χ1) is 7.31. The second kappa shape index (κ2) is 6.79. The predicted molar refractivity (Wildman–Crippen MR) is 61.7 cm³/mol. The lowest BCUT2D eigenvalue weighted by molar-refractivity contribution is 0.543. The van der Waals surface area contributed by atoms with Crippen LogP contribution in [0.2, 0.25) is 0 Å². The summed E-state index contributed by atoms with van der Waals surface area (Å²) in [6.07, 6.45) is 2.42. The Bertz CT molecular complexity index is 271. The zero-order chi connectivity index (χ0) is 11.1. The van der Waals surface area contributed by atoms with E-state index < -0.39 is 0 Å². The Balaban J connectivity index is 2.45. The molecule has 15 heavy (non-hydrogen) atoms. The molecule has 1 rings (SSSR count). The minimum absolute atomic E-state index is 0.573. The van der Waals surface area contributed by atoms with E-state index in [0.717, 1.165) is 16.8 Å². The molecule has 2 N–H and O–H groups in total. The van der Waals surface area contributed by atoms with Gasteiger partial charge in [0.1, 0.15) is 0 Å². The van der Waals surface area contributed by atoms with Crippen molar-refractivity contribution >= 4 is 11.8 Å². The molecule has 86 valence electrons. The smallest absolute Gasteiger partial charge is 0.209 e. The molecule has 0 aliphatic heterocycles. The normalized spacial score (nSPS) is 11.2. The molecule has 0 spiro atoms. The van der Waals surface area contributed by atoms with Crippen LogP contribution >= 0.6 is 11.8 Å². The number of aromatic nitrogens is 4. The summed E-state index contributed by atoms with van der Waals surface area (Å²) in [4.78, 5) is 0. The average molecular weight is 229 g/mol. The van der Waals surface area contributed by atoms with Crippen molar-refractivity contribution in [1.29, 1.82) is 0 Å². The van der Waals surface area contributed by atoms with Crippen LogP contribution in [-0.2, 0) is 6.54 Å². The van der Waals surface area contributed by atoms with Crippen LogP contribution in [0.3, 0.4) is 0 Å². The summed E-state index contributed by atoms with van der Waals surface area (Å²) in [5.41, 5.74) is 5.47. The monoisotopic (exact) mass is 229 g/mol. The van der Waals surface area contributed by atoms with Crippen molar-refractivity contribution in [2.75, 3.05) is 12.3 Å². The quantitative estimate of drug-likeness (QED) is 0.710. The van der Waals surface area contributed by atoms with E-state index in [-0.39, 0.29) is 0 Å². The number of hydrogen-bond donors (Lipinski definition) is 1. The minimum atomic E-state index is 0.573. The number of nitrogens with two attached hydrogens (primary N) is 1. The minimum Gasteiger partial charge on any atom is -0.329 e. The Morgan fingerprint density at radius 3 is 2.73 bits per heavy atom. The van der Waals surface area contributed by atoms with E-state index in [4.69, 9.17) is 5.73 Å². The molecule has 1 aromatic heterocycles. The first-order valence-electron chi connectivity index (χ1n) is 5.40. The van der Waals surface area contributed by atoms with E-state index in [9.17, 15) is 0 Å². The van der Waals surface area contributed by atoms with Gasteiger partial charge in [0.05, 0.1) is 6.54 Å². The Hall–Kier alpha value is -0.620. The fourth-order valence-corrected chi connectivity index (χ4v) is 2.51. The van der Waals surface area contributed by atoms with E-state index in [1.807, 2.05) is 0 Å². The maximum Gasteiger partial charge on any atom is 0.209 e. The highest BCUT2D eigenvalue weighted by atomic mass is 32.2. The Morgan fingerprint density at radius 1 is 1.40 bits per heavy atom. The molecule has 0 bridgehead atoms. The van der Waals surface area contributed by atoms with Gasteiger partial charge in [-0.15, -0.1) is 5.10 Å². The second-order valence-electron chi connectivity index (χ2n) is 3.47. The number of hydrogen-bond acceptors (Lipinski definition) is 5. The Morgan fingerprint density at radius 2 is 2.13 bits per heavy atom. The SMILES string of the molecule is CCC(CC)CSc1nnnn1CCN. The van der Waals surface area contributed by atoms with E-state index >= 15 is 0 Å². The number of rotatable bonds is 7. The van der Waals surface area contributed by atoms with E-state index in [0.29, 0.717) is 13.1 Å². The number of thioether (sulfide) groups is 1. The van der Waals surface area contributed by atoms with Crippen LogP contribution in [0.15, 0.2) is 5.16 Å². The Kier molecular flexibility index (Phi) is 5.63. The van der Waals surface area contributed by atoms with Crippen LogP contribution in [0.4, 0.5) is 0 Å². The third kappa shape index (κ3) is 3.79. The summed E-state index contributed by atoms with van der Waals surface area (Å²) in [7, 11) is 0. The van der Waals surface area contributed by atoms with Gasteiger partial charge in [0.25, 0.3) is 0 Å². The summed E-state index contributed by atoms with van der Waals surface area (Å²) in [6, 6.07) is 0. The number of nitrogens with zero attached hydrogens (tertiary/aromatic N) is 4. The molecular formula is C9H19N5S. The second-order valence-corrected chi connectivity index (χ2v) is 4.45. The molecule has 0 aromatic carbocycles. The zero-order valence-electron chi connectivity index (χ0n) is 9.39. The topological polar surface area (TPSA) is 69.6 Å². The van der Waals surface area contributed by atoms with Gasteiger partial charge in [-0.1, -0.05) is 38.5 Å². The molecule has 6 heteroatoms. The van der Waals surface area contributed by atoms with Crippen molar-refractivity contribution < 1.29 is 0 Å². The standard InChI is InChI=1S/C9H19N5S/c1-3-8(4-2)7-15-9-11-12-13-14(9)6-5-10/h8H,3-7,10H2,1-2H3. The lowest BCUT2D eigenvalue weighted by Gasteiger charge is -2.10. The van der Waals surface area contributed by atoms with Crippen LogP contribution in [0.1, 0.15) is 26.7 Å². The fourth-order valence-electron chi connectivity index (χ4n) is 1.28. The summed E-state index contributed by atoms with van der Waals surface area (Å²) >= 11 is 1.72. The predicted octanol–water partition coefficient (Wildman–Crippen LogP) is 1.16. The molecule has 0 atom stereocenters. The van der Waals surface area contributed by atoms with E-state index in [1.165, 1.54) is 12.8 Å². The van der Waals surface area contributed by atoms with Crippen LogP contribution < -0.4 is 5.73 Å². The molecule has 5 nitrogen and oxygen atoms in total. The van der Waals surface area contributed by atoms with Crippen molar-refractivity contribution in [3.63, 3.8) is 0 Å². The molecular weight excluding hydrogens is 210 g/mol. The highest BCUT2D eigenvalue weighted by Crippen LogP contribution is 2.20. The van der Waals surface area contributed by atoms with Gasteiger partial charge in [-0.2, -0.15) is 0 Å². The number of tetrazole rings is 1. The first kappa shape index (κ1) is 12.4. The molecule has 0 amide bonds. The van der Waals surface area contributed by atoms with Gasteiger partial charge in [-0.25, -0.2) is 4.68 Å². The van der Waals surface area contributed by atoms with E-state index in [2.05, 4.69) is 29.4 Å². The summed E-state index contributed by atoms with van der Waals surface area (Å²) < 4.78 is 1.77. The largest absolute Gasteiger partial charge is 0.329 e. The summed E-state index contributed by atoms with van der Waals surface area (Å²) in [5, 5.41) is 12.4. The average Bonchev–Trinajstić information content (AvgIpc) is 2.68. The van der Waals surface area contributed by atoms with Crippen molar-refractivity contribution in [2.24, 2.45) is 11.7 Å². The van der Waals surface area contributed by atoms with Crippen LogP contribution in [0, 0.1) is 5.92 Å². The van der Waals surface area contributed by atoms with Crippen LogP contribution in [-0.4, -0.2) is 32.5 Å². The third-order valence-corrected chi connectivity index (χ3v) is 3.63. The van der Waals surface area contributed by atoms with Crippen molar-refractivity contribution in [1.82, 2.24) is 20.2 Å².